The second kappa shape index (κ2) is 7.87. The Morgan fingerprint density at radius 1 is 1.43 bits per heavy atom. The zero-order chi connectivity index (χ0) is 15.2. The second-order valence-electron chi connectivity index (χ2n) is 5.75. The van der Waals surface area contributed by atoms with Gasteiger partial charge in [0.15, 0.2) is 0 Å². The molecule has 2 atom stereocenters. The van der Waals surface area contributed by atoms with Crippen molar-refractivity contribution in [3.8, 4) is 0 Å². The van der Waals surface area contributed by atoms with E-state index in [0.717, 1.165) is 44.8 Å². The molecule has 1 saturated heterocycles. The minimum atomic E-state index is -0.142. The number of morpholine rings is 1. The predicted molar refractivity (Wildman–Crippen MR) is 84.0 cm³/mol. The van der Waals surface area contributed by atoms with Gasteiger partial charge in [0.1, 0.15) is 5.82 Å². The van der Waals surface area contributed by atoms with Gasteiger partial charge in [0.25, 0.3) is 0 Å². The Kier molecular flexibility index (Phi) is 6.15. The van der Waals surface area contributed by atoms with Crippen LogP contribution in [0, 0.1) is 12.7 Å². The van der Waals surface area contributed by atoms with Gasteiger partial charge in [-0.3, -0.25) is 4.90 Å². The fraction of sp³-hybridized carbons (Fsp3) is 0.647. The first-order valence-electron chi connectivity index (χ1n) is 7.99. The van der Waals surface area contributed by atoms with Crippen molar-refractivity contribution in [3.05, 3.63) is 35.1 Å². The zero-order valence-corrected chi connectivity index (χ0v) is 13.4. The highest BCUT2D eigenvalue weighted by Gasteiger charge is 2.28. The molecule has 0 radical (unpaired) electrons. The molecular weight excluding hydrogens is 267 g/mol. The van der Waals surface area contributed by atoms with Crippen LogP contribution in [0.2, 0.25) is 0 Å². The number of likely N-dealkylation sites (N-methyl/N-ethyl adjacent to an activating group) is 1. The van der Waals surface area contributed by atoms with Gasteiger partial charge in [0.2, 0.25) is 0 Å². The van der Waals surface area contributed by atoms with Crippen LogP contribution in [-0.4, -0.2) is 43.8 Å². The van der Waals surface area contributed by atoms with Crippen molar-refractivity contribution in [1.82, 2.24) is 10.2 Å². The number of nitrogens with one attached hydrogen (secondary N) is 1. The number of aryl methyl sites for hydroxylation is 1. The number of rotatable bonds is 6. The SMILES string of the molecule is CCCN1CCOC(C(NCC)c2ccc(C)c(F)c2)C1. The molecular formula is C17H27FN2O. The van der Waals surface area contributed by atoms with Crippen LogP contribution in [-0.2, 0) is 4.74 Å². The third kappa shape index (κ3) is 4.25. The van der Waals surface area contributed by atoms with E-state index in [0.29, 0.717) is 5.56 Å². The second-order valence-corrected chi connectivity index (χ2v) is 5.75. The fourth-order valence-electron chi connectivity index (χ4n) is 2.94. The van der Waals surface area contributed by atoms with Gasteiger partial charge in [-0.05, 0) is 43.6 Å². The van der Waals surface area contributed by atoms with Crippen molar-refractivity contribution in [1.29, 1.82) is 0 Å². The highest BCUT2D eigenvalue weighted by molar-refractivity contribution is 5.26. The summed E-state index contributed by atoms with van der Waals surface area (Å²) in [6, 6.07) is 5.55. The Bertz CT molecular complexity index is 450. The minimum Gasteiger partial charge on any atom is -0.374 e. The lowest BCUT2D eigenvalue weighted by Crippen LogP contribution is -2.48. The normalized spacial score (nSPS) is 21.4. The summed E-state index contributed by atoms with van der Waals surface area (Å²) in [4.78, 5) is 2.43. The Hall–Kier alpha value is -0.970. The van der Waals surface area contributed by atoms with Crippen LogP contribution in [0.4, 0.5) is 4.39 Å². The molecule has 2 unspecified atom stereocenters. The summed E-state index contributed by atoms with van der Waals surface area (Å²) < 4.78 is 19.8. The van der Waals surface area contributed by atoms with Crippen molar-refractivity contribution in [2.45, 2.75) is 39.3 Å². The lowest BCUT2D eigenvalue weighted by atomic mass is 9.98. The van der Waals surface area contributed by atoms with Crippen LogP contribution >= 0.6 is 0 Å². The third-order valence-corrected chi connectivity index (χ3v) is 4.07. The molecule has 0 aromatic heterocycles. The molecule has 21 heavy (non-hydrogen) atoms. The molecule has 1 N–H and O–H groups in total. The molecule has 4 heteroatoms. The molecule has 0 amide bonds. The summed E-state index contributed by atoms with van der Waals surface area (Å²) in [5.74, 6) is -0.142. The highest BCUT2D eigenvalue weighted by Crippen LogP contribution is 2.24. The number of nitrogens with zero attached hydrogens (tertiary/aromatic N) is 1. The molecule has 0 saturated carbocycles. The number of hydrogen-bond acceptors (Lipinski definition) is 3. The third-order valence-electron chi connectivity index (χ3n) is 4.07. The Morgan fingerprint density at radius 2 is 2.24 bits per heavy atom. The Morgan fingerprint density at radius 3 is 2.90 bits per heavy atom. The maximum Gasteiger partial charge on any atom is 0.126 e. The zero-order valence-electron chi connectivity index (χ0n) is 13.4. The quantitative estimate of drug-likeness (QED) is 0.873. The molecule has 3 nitrogen and oxygen atoms in total. The highest BCUT2D eigenvalue weighted by atomic mass is 19.1. The maximum atomic E-state index is 13.9. The average molecular weight is 294 g/mol. The van der Waals surface area contributed by atoms with E-state index in [2.05, 4.69) is 24.1 Å². The van der Waals surface area contributed by atoms with Gasteiger partial charge in [0, 0.05) is 13.1 Å². The van der Waals surface area contributed by atoms with Crippen molar-refractivity contribution in [2.24, 2.45) is 0 Å². The first-order chi connectivity index (χ1) is 10.2. The summed E-state index contributed by atoms with van der Waals surface area (Å²) in [6.45, 7) is 10.6. The van der Waals surface area contributed by atoms with Crippen molar-refractivity contribution in [2.75, 3.05) is 32.8 Å². The monoisotopic (exact) mass is 294 g/mol. The largest absolute Gasteiger partial charge is 0.374 e. The maximum absolute atomic E-state index is 13.9. The van der Waals surface area contributed by atoms with Crippen LogP contribution in [0.15, 0.2) is 18.2 Å². The molecule has 0 spiro atoms. The van der Waals surface area contributed by atoms with Gasteiger partial charge in [0.05, 0.1) is 18.8 Å². The molecule has 118 valence electrons. The number of hydrogen-bond donors (Lipinski definition) is 1. The van der Waals surface area contributed by atoms with E-state index in [4.69, 9.17) is 4.74 Å². The lowest BCUT2D eigenvalue weighted by molar-refractivity contribution is -0.0468. The van der Waals surface area contributed by atoms with Crippen LogP contribution in [0.3, 0.4) is 0 Å². The summed E-state index contributed by atoms with van der Waals surface area (Å²) >= 11 is 0. The van der Waals surface area contributed by atoms with Crippen molar-refractivity contribution in [3.63, 3.8) is 0 Å². The van der Waals surface area contributed by atoms with E-state index < -0.39 is 0 Å². The standard InChI is InChI=1S/C17H27FN2O/c1-4-8-20-9-10-21-16(12-20)17(19-5-2)14-7-6-13(3)15(18)11-14/h6-7,11,16-17,19H,4-5,8-10,12H2,1-3H3. The van der Waals surface area contributed by atoms with Crippen LogP contribution in [0.1, 0.15) is 37.4 Å². The van der Waals surface area contributed by atoms with Crippen molar-refractivity contribution >= 4 is 0 Å². The van der Waals surface area contributed by atoms with E-state index in [-0.39, 0.29) is 18.0 Å². The van der Waals surface area contributed by atoms with E-state index in [1.165, 1.54) is 0 Å². The smallest absolute Gasteiger partial charge is 0.126 e. The predicted octanol–water partition coefficient (Wildman–Crippen LogP) is 2.90. The molecule has 0 bridgehead atoms. The molecule has 1 aliphatic heterocycles. The number of halogens is 1. The number of benzene rings is 1. The molecule has 2 rings (SSSR count). The van der Waals surface area contributed by atoms with E-state index in [1.807, 2.05) is 12.1 Å². The van der Waals surface area contributed by atoms with Gasteiger partial charge in [-0.15, -0.1) is 0 Å². The van der Waals surface area contributed by atoms with Gasteiger partial charge in [-0.2, -0.15) is 0 Å². The first kappa shape index (κ1) is 16.4. The Balaban J connectivity index is 2.15. The van der Waals surface area contributed by atoms with Crippen LogP contribution in [0.5, 0.6) is 0 Å². The first-order valence-corrected chi connectivity index (χ1v) is 7.99. The minimum absolute atomic E-state index is 0.0461. The topological polar surface area (TPSA) is 24.5 Å². The lowest BCUT2D eigenvalue weighted by Gasteiger charge is -2.37. The summed E-state index contributed by atoms with van der Waals surface area (Å²) in [5, 5.41) is 3.46. The van der Waals surface area contributed by atoms with Crippen LogP contribution < -0.4 is 5.32 Å². The molecule has 1 heterocycles. The van der Waals surface area contributed by atoms with E-state index >= 15 is 0 Å². The molecule has 1 fully saturated rings. The Labute approximate surface area is 127 Å². The summed E-state index contributed by atoms with van der Waals surface area (Å²) in [5.41, 5.74) is 1.66. The molecule has 0 aliphatic carbocycles. The molecule has 1 aromatic carbocycles. The average Bonchev–Trinajstić information content (AvgIpc) is 2.48. The number of ether oxygens (including phenoxy) is 1. The summed E-state index contributed by atoms with van der Waals surface area (Å²) in [6.07, 6.45) is 1.23. The fourth-order valence-corrected chi connectivity index (χ4v) is 2.94. The van der Waals surface area contributed by atoms with Gasteiger partial charge >= 0.3 is 0 Å². The van der Waals surface area contributed by atoms with E-state index in [9.17, 15) is 4.39 Å². The van der Waals surface area contributed by atoms with E-state index in [1.54, 1.807) is 13.0 Å². The molecule has 1 aliphatic rings. The van der Waals surface area contributed by atoms with Crippen molar-refractivity contribution < 1.29 is 9.13 Å². The molecule has 1 aromatic rings. The van der Waals surface area contributed by atoms with Gasteiger partial charge < -0.3 is 10.1 Å². The van der Waals surface area contributed by atoms with Gasteiger partial charge in [-0.1, -0.05) is 26.0 Å². The van der Waals surface area contributed by atoms with Gasteiger partial charge in [-0.25, -0.2) is 4.39 Å². The van der Waals surface area contributed by atoms with Crippen LogP contribution in [0.25, 0.3) is 0 Å². The summed E-state index contributed by atoms with van der Waals surface area (Å²) in [7, 11) is 0.